The lowest BCUT2D eigenvalue weighted by molar-refractivity contribution is -0.461. The van der Waals surface area contributed by atoms with E-state index in [1.807, 2.05) is 20.8 Å². The molecular weight excluding hydrogens is 708 g/mol. The van der Waals surface area contributed by atoms with Crippen LogP contribution in [0, 0.1) is 35.5 Å². The normalized spacial score (nSPS) is 48.1. The van der Waals surface area contributed by atoms with E-state index in [4.69, 9.17) is 28.4 Å². The van der Waals surface area contributed by atoms with Crippen LogP contribution in [0.2, 0.25) is 0 Å². The van der Waals surface area contributed by atoms with E-state index in [0.717, 1.165) is 25.7 Å². The third kappa shape index (κ3) is 5.05. The summed E-state index contributed by atoms with van der Waals surface area (Å²) in [6.45, 7) is 7.35. The van der Waals surface area contributed by atoms with Gasteiger partial charge in [0.05, 0.1) is 23.7 Å². The molecule has 12 heteroatoms. The second-order valence-electron chi connectivity index (χ2n) is 17.8. The van der Waals surface area contributed by atoms with E-state index < -0.39 is 107 Å². The van der Waals surface area contributed by atoms with Gasteiger partial charge in [0.25, 0.3) is 0 Å². The highest BCUT2D eigenvalue weighted by Crippen LogP contribution is 2.75. The molecule has 55 heavy (non-hydrogen) atoms. The van der Waals surface area contributed by atoms with E-state index in [1.54, 1.807) is 60.7 Å². The molecule has 16 unspecified atom stereocenters. The number of rotatable bonds is 6. The van der Waals surface area contributed by atoms with Gasteiger partial charge in [0.2, 0.25) is 0 Å². The molecule has 2 spiro atoms. The first-order valence-electron chi connectivity index (χ1n) is 20.3. The van der Waals surface area contributed by atoms with Crippen LogP contribution in [-0.4, -0.2) is 104 Å². The molecular formula is C43H54O12. The number of hydrogen-bond donors (Lipinski definition) is 4. The van der Waals surface area contributed by atoms with Crippen molar-refractivity contribution >= 4 is 11.9 Å². The van der Waals surface area contributed by atoms with Crippen LogP contribution >= 0.6 is 0 Å². The maximum Gasteiger partial charge on any atom is 0.338 e. The molecule has 3 bridgehead atoms. The number of carbonyl (C=O) groups excluding carboxylic acids is 2. The summed E-state index contributed by atoms with van der Waals surface area (Å²) in [5, 5.41) is 50.0. The fourth-order valence-corrected chi connectivity index (χ4v) is 12.3. The molecule has 4 aliphatic heterocycles. The van der Waals surface area contributed by atoms with E-state index >= 15 is 0 Å². The van der Waals surface area contributed by atoms with Crippen molar-refractivity contribution in [3.8, 4) is 0 Å². The van der Waals surface area contributed by atoms with E-state index in [2.05, 4.69) is 6.92 Å². The molecule has 0 radical (unpaired) electrons. The van der Waals surface area contributed by atoms with Crippen LogP contribution in [-0.2, 0) is 28.4 Å². The molecule has 0 aromatic heterocycles. The Bertz CT molecular complexity index is 1790. The minimum absolute atomic E-state index is 0.0876. The van der Waals surface area contributed by atoms with Crippen molar-refractivity contribution in [1.29, 1.82) is 0 Å². The smallest absolute Gasteiger partial charge is 0.338 e. The Balaban J connectivity index is 1.31. The number of esters is 2. The first kappa shape index (κ1) is 37.6. The highest BCUT2D eigenvalue weighted by Gasteiger charge is 2.92. The predicted octanol–water partition coefficient (Wildman–Crippen LogP) is 4.16. The van der Waals surface area contributed by atoms with Gasteiger partial charge in [0.15, 0.2) is 0 Å². The van der Waals surface area contributed by atoms with Gasteiger partial charge < -0.3 is 48.8 Å². The minimum Gasteiger partial charge on any atom is -0.456 e. The molecule has 4 N–H and O–H groups in total. The molecule has 2 aromatic carbocycles. The third-order valence-electron chi connectivity index (χ3n) is 14.9. The van der Waals surface area contributed by atoms with Crippen molar-refractivity contribution in [3.63, 3.8) is 0 Å². The van der Waals surface area contributed by atoms with Crippen LogP contribution < -0.4 is 0 Å². The number of benzene rings is 2. The summed E-state index contributed by atoms with van der Waals surface area (Å²) >= 11 is 0. The average Bonchev–Trinajstić information content (AvgIpc) is 3.82. The highest BCUT2D eigenvalue weighted by molar-refractivity contribution is 5.90. The number of fused-ring (bicyclic) bond motifs is 1. The zero-order valence-corrected chi connectivity index (χ0v) is 31.9. The monoisotopic (exact) mass is 762 g/mol. The van der Waals surface area contributed by atoms with Crippen LogP contribution in [0.15, 0.2) is 60.7 Å². The molecule has 9 rings (SSSR count). The molecule has 16 atom stereocenters. The van der Waals surface area contributed by atoms with Crippen molar-refractivity contribution in [3.05, 3.63) is 71.8 Å². The van der Waals surface area contributed by atoms with Gasteiger partial charge in [-0.05, 0) is 54.4 Å². The van der Waals surface area contributed by atoms with Gasteiger partial charge in [-0.15, -0.1) is 0 Å². The zero-order valence-electron chi connectivity index (χ0n) is 31.9. The number of epoxide rings is 1. The number of carbonyl (C=O) groups is 2. The van der Waals surface area contributed by atoms with E-state index in [9.17, 15) is 30.0 Å². The lowest BCUT2D eigenvalue weighted by Gasteiger charge is -2.61. The fourth-order valence-electron chi connectivity index (χ4n) is 12.3. The topological polar surface area (TPSA) is 174 Å². The lowest BCUT2D eigenvalue weighted by Crippen LogP contribution is -2.77. The summed E-state index contributed by atoms with van der Waals surface area (Å²) in [6, 6.07) is 17.1. The molecule has 3 saturated carbocycles. The Kier molecular flexibility index (Phi) is 8.92. The first-order valence-corrected chi connectivity index (χ1v) is 20.3. The summed E-state index contributed by atoms with van der Waals surface area (Å²) in [4.78, 5) is 28.3. The Labute approximate surface area is 321 Å². The number of hydrogen-bond acceptors (Lipinski definition) is 12. The summed E-state index contributed by atoms with van der Waals surface area (Å²) in [5.41, 5.74) is -6.33. The van der Waals surface area contributed by atoms with Gasteiger partial charge >= 0.3 is 17.9 Å². The van der Waals surface area contributed by atoms with Crippen LogP contribution in [0.4, 0.5) is 0 Å². The quantitative estimate of drug-likeness (QED) is 0.245. The predicted molar refractivity (Wildman–Crippen MR) is 194 cm³/mol. The molecule has 298 valence electrons. The largest absolute Gasteiger partial charge is 0.456 e. The molecule has 4 saturated heterocycles. The number of ether oxygens (including phenoxy) is 6. The molecule has 0 amide bonds. The SMILES string of the molecule is CC1CCCCCCC(O)C23OC4C5C6OC6(CO)C(O)C6(O)C(OC(=O)c7ccccc7)C(C)C1C6C5(O2)C(OC(=O)c1ccccc1)CC4(C(C)C)O3. The second kappa shape index (κ2) is 13.0. The Morgan fingerprint density at radius 3 is 2.07 bits per heavy atom. The van der Waals surface area contributed by atoms with Gasteiger partial charge in [0, 0.05) is 12.3 Å². The summed E-state index contributed by atoms with van der Waals surface area (Å²) in [5.74, 6) is -6.67. The third-order valence-corrected chi connectivity index (χ3v) is 14.9. The van der Waals surface area contributed by atoms with Gasteiger partial charge in [-0.3, -0.25) is 0 Å². The fraction of sp³-hybridized carbons (Fsp3) is 0.674. The maximum atomic E-state index is 14.3. The summed E-state index contributed by atoms with van der Waals surface area (Å²) in [6.07, 6.45) is -2.75. The molecule has 7 fully saturated rings. The van der Waals surface area contributed by atoms with E-state index in [0.29, 0.717) is 18.4 Å². The minimum atomic E-state index is -2.31. The van der Waals surface area contributed by atoms with Crippen LogP contribution in [0.5, 0.6) is 0 Å². The van der Waals surface area contributed by atoms with Crippen molar-refractivity contribution in [2.24, 2.45) is 35.5 Å². The summed E-state index contributed by atoms with van der Waals surface area (Å²) in [7, 11) is 0. The van der Waals surface area contributed by atoms with Crippen molar-refractivity contribution in [2.45, 2.75) is 138 Å². The van der Waals surface area contributed by atoms with Crippen LogP contribution in [0.25, 0.3) is 0 Å². The summed E-state index contributed by atoms with van der Waals surface area (Å²) < 4.78 is 40.9. The lowest BCUT2D eigenvalue weighted by atomic mass is 9.53. The van der Waals surface area contributed by atoms with Gasteiger partial charge in [-0.25, -0.2) is 9.59 Å². The Morgan fingerprint density at radius 1 is 0.836 bits per heavy atom. The van der Waals surface area contributed by atoms with Gasteiger partial charge in [-0.1, -0.05) is 96.2 Å². The van der Waals surface area contributed by atoms with E-state index in [-0.39, 0.29) is 23.8 Å². The molecule has 2 aromatic rings. The van der Waals surface area contributed by atoms with Crippen molar-refractivity contribution in [1.82, 2.24) is 0 Å². The zero-order chi connectivity index (χ0) is 38.7. The molecule has 4 heterocycles. The number of aliphatic hydroxyl groups is 4. The molecule has 12 nitrogen and oxygen atoms in total. The van der Waals surface area contributed by atoms with Crippen LogP contribution in [0.1, 0.15) is 93.4 Å². The van der Waals surface area contributed by atoms with Gasteiger partial charge in [0.1, 0.15) is 59.0 Å². The van der Waals surface area contributed by atoms with Crippen molar-refractivity contribution in [2.75, 3.05) is 6.61 Å². The Hall–Kier alpha value is -2.94. The molecule has 7 aliphatic rings. The standard InChI is InChI=1S/C43H54O12/c1-23(2)39-21-29(50-36(46)26-16-10-7-11-17-26)42-31-34(39)53-43(54-39,55-42)28(45)20-14-6-5-9-15-24(3)30-25(4)33(51-37(47)27-18-12-8-13-19-27)41(49,32(30)42)38(48)40(22-44)35(31)52-40/h7-8,10-13,16-19,23-25,28-35,38,44-45,48-49H,5-6,9,14-15,20-22H2,1-4H3. The molecule has 3 aliphatic carbocycles. The van der Waals surface area contributed by atoms with Crippen LogP contribution in [0.3, 0.4) is 0 Å². The maximum absolute atomic E-state index is 14.3. The van der Waals surface area contributed by atoms with Crippen molar-refractivity contribution < 1.29 is 58.4 Å². The Morgan fingerprint density at radius 2 is 1.45 bits per heavy atom. The average molecular weight is 763 g/mol. The van der Waals surface area contributed by atoms with Gasteiger partial charge in [-0.2, -0.15) is 0 Å². The number of aliphatic hydroxyl groups excluding tert-OH is 3. The van der Waals surface area contributed by atoms with E-state index in [1.165, 1.54) is 0 Å². The first-order chi connectivity index (χ1) is 26.3. The second-order valence-corrected chi connectivity index (χ2v) is 17.8. The highest BCUT2D eigenvalue weighted by atomic mass is 16.9.